The lowest BCUT2D eigenvalue weighted by Crippen LogP contribution is -2.10. The summed E-state index contributed by atoms with van der Waals surface area (Å²) in [6, 6.07) is 5.78. The highest BCUT2D eigenvalue weighted by Crippen LogP contribution is 2.23. The van der Waals surface area contributed by atoms with Crippen molar-refractivity contribution in [1.29, 1.82) is 0 Å². The normalized spacial score (nSPS) is 12.8. The third kappa shape index (κ3) is 3.40. The van der Waals surface area contributed by atoms with Gasteiger partial charge in [0.25, 0.3) is 0 Å². The molecule has 2 aromatic rings. The Morgan fingerprint density at radius 1 is 1.56 bits per heavy atom. The number of aromatic amines is 1. The van der Waals surface area contributed by atoms with Crippen LogP contribution >= 0.6 is 27.7 Å². The first-order chi connectivity index (χ1) is 8.72. The highest BCUT2D eigenvalue weighted by molar-refractivity contribution is 9.09. The van der Waals surface area contributed by atoms with E-state index in [-0.39, 0.29) is 6.10 Å². The van der Waals surface area contributed by atoms with Gasteiger partial charge in [-0.2, -0.15) is 0 Å². The fourth-order valence-corrected chi connectivity index (χ4v) is 2.85. The third-order valence-corrected chi connectivity index (χ3v) is 4.10. The number of hydrogen-bond donors (Lipinski definition) is 2. The molecule has 4 nitrogen and oxygen atoms in total. The average molecular weight is 331 g/mol. The average Bonchev–Trinajstić information content (AvgIpc) is 2.78. The molecule has 0 saturated carbocycles. The van der Waals surface area contributed by atoms with Gasteiger partial charge in [0.1, 0.15) is 5.75 Å². The van der Waals surface area contributed by atoms with Gasteiger partial charge in [-0.3, -0.25) is 0 Å². The molecule has 1 atom stereocenters. The van der Waals surface area contributed by atoms with Gasteiger partial charge in [-0.15, -0.1) is 0 Å². The second-order valence-corrected chi connectivity index (χ2v) is 5.43. The molecule has 1 aromatic heterocycles. The molecule has 0 bridgehead atoms. The van der Waals surface area contributed by atoms with E-state index in [2.05, 4.69) is 25.9 Å². The number of imidazole rings is 1. The van der Waals surface area contributed by atoms with Gasteiger partial charge in [0.05, 0.1) is 23.7 Å². The molecular weight excluding hydrogens is 316 g/mol. The number of hydrogen-bond acceptors (Lipinski definition) is 4. The Hall–Kier alpha value is -0.720. The van der Waals surface area contributed by atoms with E-state index in [9.17, 15) is 5.11 Å². The van der Waals surface area contributed by atoms with Crippen LogP contribution in [0.1, 0.15) is 6.92 Å². The van der Waals surface area contributed by atoms with Crippen LogP contribution in [0, 0.1) is 0 Å². The van der Waals surface area contributed by atoms with Crippen molar-refractivity contribution in [3.05, 3.63) is 18.2 Å². The monoisotopic (exact) mass is 330 g/mol. The zero-order chi connectivity index (χ0) is 13.0. The Bertz CT molecular complexity index is 518. The zero-order valence-corrected chi connectivity index (χ0v) is 12.4. The summed E-state index contributed by atoms with van der Waals surface area (Å²) in [4.78, 5) is 7.66. The molecule has 18 heavy (non-hydrogen) atoms. The largest absolute Gasteiger partial charge is 0.494 e. The number of nitrogens with zero attached hydrogens (tertiary/aromatic N) is 1. The molecule has 0 aliphatic carbocycles. The molecule has 2 rings (SSSR count). The van der Waals surface area contributed by atoms with Gasteiger partial charge in [-0.05, 0) is 19.1 Å². The minimum Gasteiger partial charge on any atom is -0.494 e. The second-order valence-electron chi connectivity index (χ2n) is 3.77. The molecule has 0 saturated heterocycles. The number of aromatic nitrogens is 2. The van der Waals surface area contributed by atoms with Crippen molar-refractivity contribution in [2.75, 3.05) is 17.7 Å². The maximum absolute atomic E-state index is 9.48. The standard InChI is InChI=1S/C12H15BrN2O2S/c1-2-17-9-3-4-10-11(5-9)15-12(14-10)18-7-8(16)6-13/h3-5,8,16H,2,6-7H2,1H3,(H,14,15). The lowest BCUT2D eigenvalue weighted by Gasteiger charge is -2.03. The van der Waals surface area contributed by atoms with Gasteiger partial charge in [-0.1, -0.05) is 27.7 Å². The lowest BCUT2D eigenvalue weighted by molar-refractivity contribution is 0.226. The molecule has 0 aliphatic heterocycles. The minimum atomic E-state index is -0.359. The van der Waals surface area contributed by atoms with Crippen LogP contribution in [0.4, 0.5) is 0 Å². The van der Waals surface area contributed by atoms with Gasteiger partial charge < -0.3 is 14.8 Å². The first-order valence-electron chi connectivity index (χ1n) is 5.72. The number of aliphatic hydroxyl groups is 1. The fourth-order valence-electron chi connectivity index (χ4n) is 1.51. The number of aliphatic hydroxyl groups excluding tert-OH is 1. The molecule has 98 valence electrons. The van der Waals surface area contributed by atoms with Crippen molar-refractivity contribution in [2.24, 2.45) is 0 Å². The van der Waals surface area contributed by atoms with Crippen LogP contribution in [0.25, 0.3) is 11.0 Å². The van der Waals surface area contributed by atoms with Crippen molar-refractivity contribution in [2.45, 2.75) is 18.2 Å². The first-order valence-corrected chi connectivity index (χ1v) is 7.83. The Morgan fingerprint density at radius 3 is 3.11 bits per heavy atom. The summed E-state index contributed by atoms with van der Waals surface area (Å²) in [5.74, 6) is 1.45. The number of alkyl halides is 1. The number of ether oxygens (including phenoxy) is 1. The molecule has 1 heterocycles. The number of benzene rings is 1. The summed E-state index contributed by atoms with van der Waals surface area (Å²) in [6.07, 6.45) is -0.359. The highest BCUT2D eigenvalue weighted by Gasteiger charge is 2.07. The SMILES string of the molecule is CCOc1ccc2nc(SCC(O)CBr)[nH]c2c1. The molecule has 0 spiro atoms. The van der Waals surface area contributed by atoms with Gasteiger partial charge in [-0.25, -0.2) is 4.98 Å². The summed E-state index contributed by atoms with van der Waals surface area (Å²) in [5, 5.41) is 10.9. The van der Waals surface area contributed by atoms with E-state index < -0.39 is 0 Å². The summed E-state index contributed by atoms with van der Waals surface area (Å²) >= 11 is 4.75. The number of nitrogens with one attached hydrogen (secondary N) is 1. The van der Waals surface area contributed by atoms with Gasteiger partial charge >= 0.3 is 0 Å². The van der Waals surface area contributed by atoms with Crippen molar-refractivity contribution in [1.82, 2.24) is 9.97 Å². The van der Waals surface area contributed by atoms with E-state index in [1.807, 2.05) is 25.1 Å². The van der Waals surface area contributed by atoms with E-state index in [1.54, 1.807) is 0 Å². The van der Waals surface area contributed by atoms with Crippen molar-refractivity contribution in [3.8, 4) is 5.75 Å². The Balaban J connectivity index is 2.11. The first kappa shape index (κ1) is 13.7. The van der Waals surface area contributed by atoms with Gasteiger partial charge in [0, 0.05) is 17.1 Å². The Labute approximate surface area is 118 Å². The predicted molar refractivity (Wildman–Crippen MR) is 77.8 cm³/mol. The number of H-pyrrole nitrogens is 1. The highest BCUT2D eigenvalue weighted by atomic mass is 79.9. The van der Waals surface area contributed by atoms with Crippen LogP contribution in [-0.2, 0) is 0 Å². The molecule has 0 amide bonds. The summed E-state index contributed by atoms with van der Waals surface area (Å²) < 4.78 is 5.44. The second kappa shape index (κ2) is 6.45. The number of rotatable bonds is 6. The summed E-state index contributed by atoms with van der Waals surface area (Å²) in [5.41, 5.74) is 1.87. The van der Waals surface area contributed by atoms with Crippen LogP contribution in [0.2, 0.25) is 0 Å². The van der Waals surface area contributed by atoms with E-state index in [1.165, 1.54) is 11.8 Å². The maximum Gasteiger partial charge on any atom is 0.166 e. The van der Waals surface area contributed by atoms with Crippen LogP contribution < -0.4 is 4.74 Å². The quantitative estimate of drug-likeness (QED) is 0.631. The van der Waals surface area contributed by atoms with E-state index in [0.29, 0.717) is 17.7 Å². The number of fused-ring (bicyclic) bond motifs is 1. The smallest absolute Gasteiger partial charge is 0.166 e. The molecule has 0 radical (unpaired) electrons. The zero-order valence-electron chi connectivity index (χ0n) is 10.0. The fraction of sp³-hybridized carbons (Fsp3) is 0.417. The van der Waals surface area contributed by atoms with Crippen LogP contribution in [0.3, 0.4) is 0 Å². The van der Waals surface area contributed by atoms with Gasteiger partial charge in [0.2, 0.25) is 0 Å². The van der Waals surface area contributed by atoms with Crippen LogP contribution in [0.15, 0.2) is 23.4 Å². The lowest BCUT2D eigenvalue weighted by atomic mass is 10.3. The molecule has 0 fully saturated rings. The number of thioether (sulfide) groups is 1. The molecular formula is C12H15BrN2O2S. The van der Waals surface area contributed by atoms with Crippen LogP contribution in [0.5, 0.6) is 5.75 Å². The molecule has 6 heteroatoms. The predicted octanol–water partition coefficient (Wildman–Crippen LogP) is 2.81. The summed E-state index contributed by atoms with van der Waals surface area (Å²) in [7, 11) is 0. The van der Waals surface area contributed by atoms with Crippen molar-refractivity contribution < 1.29 is 9.84 Å². The van der Waals surface area contributed by atoms with Gasteiger partial charge in [0.15, 0.2) is 5.16 Å². The van der Waals surface area contributed by atoms with E-state index >= 15 is 0 Å². The van der Waals surface area contributed by atoms with E-state index in [4.69, 9.17) is 4.74 Å². The van der Waals surface area contributed by atoms with Crippen LogP contribution in [-0.4, -0.2) is 38.9 Å². The molecule has 0 aliphatic rings. The van der Waals surface area contributed by atoms with Crippen molar-refractivity contribution >= 4 is 38.7 Å². The Morgan fingerprint density at radius 2 is 2.39 bits per heavy atom. The Kier molecular flexibility index (Phi) is 4.91. The third-order valence-electron chi connectivity index (χ3n) is 2.33. The molecule has 1 unspecified atom stereocenters. The summed E-state index contributed by atoms with van der Waals surface area (Å²) in [6.45, 7) is 2.61. The molecule has 2 N–H and O–H groups in total. The number of halogens is 1. The molecule has 1 aromatic carbocycles. The maximum atomic E-state index is 9.48. The topological polar surface area (TPSA) is 58.1 Å². The van der Waals surface area contributed by atoms with Crippen molar-refractivity contribution in [3.63, 3.8) is 0 Å². The van der Waals surface area contributed by atoms with E-state index in [0.717, 1.165) is 21.9 Å². The minimum absolute atomic E-state index is 0.359.